The molecule has 0 spiro atoms. The molecule has 5 heteroatoms. The van der Waals surface area contributed by atoms with Gasteiger partial charge in [0.1, 0.15) is 11.6 Å². The average Bonchev–Trinajstić information content (AvgIpc) is 3.12. The molecular formula is C15H13FN2OS. The second-order valence-electron chi connectivity index (χ2n) is 4.42. The summed E-state index contributed by atoms with van der Waals surface area (Å²) in [6.45, 7) is -0.0703. The van der Waals surface area contributed by atoms with Crippen molar-refractivity contribution >= 4 is 11.3 Å². The number of rotatable bonds is 4. The highest BCUT2D eigenvalue weighted by Crippen LogP contribution is 2.26. The molecule has 0 saturated carbocycles. The minimum atomic E-state index is -0.283. The van der Waals surface area contributed by atoms with Crippen molar-refractivity contribution in [1.29, 1.82) is 0 Å². The van der Waals surface area contributed by atoms with E-state index in [0.717, 1.165) is 17.0 Å². The van der Waals surface area contributed by atoms with Gasteiger partial charge >= 0.3 is 0 Å². The van der Waals surface area contributed by atoms with E-state index in [1.807, 2.05) is 27.6 Å². The molecule has 2 heterocycles. The fraction of sp³-hybridized carbons (Fsp3) is 0.133. The van der Waals surface area contributed by atoms with Crippen molar-refractivity contribution < 1.29 is 9.50 Å². The minimum absolute atomic E-state index is 0.0703. The Kier molecular flexibility index (Phi) is 3.62. The van der Waals surface area contributed by atoms with E-state index in [4.69, 9.17) is 0 Å². The van der Waals surface area contributed by atoms with Crippen molar-refractivity contribution in [3.8, 4) is 11.4 Å². The van der Waals surface area contributed by atoms with Crippen molar-refractivity contribution in [1.82, 2.24) is 9.55 Å². The Bertz CT molecular complexity index is 676. The molecule has 20 heavy (non-hydrogen) atoms. The van der Waals surface area contributed by atoms with Crippen molar-refractivity contribution in [3.63, 3.8) is 0 Å². The normalized spacial score (nSPS) is 12.5. The Balaban J connectivity index is 2.02. The third-order valence-corrected chi connectivity index (χ3v) is 3.89. The Labute approximate surface area is 120 Å². The van der Waals surface area contributed by atoms with Crippen LogP contribution in [0.2, 0.25) is 0 Å². The van der Waals surface area contributed by atoms with Crippen LogP contribution in [0.3, 0.4) is 0 Å². The van der Waals surface area contributed by atoms with Gasteiger partial charge in [0.25, 0.3) is 0 Å². The largest absolute Gasteiger partial charge is 0.394 e. The van der Waals surface area contributed by atoms with Crippen LogP contribution in [0.25, 0.3) is 11.4 Å². The van der Waals surface area contributed by atoms with Crippen LogP contribution in [-0.4, -0.2) is 21.3 Å². The quantitative estimate of drug-likeness (QED) is 0.799. The number of hydrogen-bond acceptors (Lipinski definition) is 3. The van der Waals surface area contributed by atoms with Gasteiger partial charge in [-0.25, -0.2) is 9.37 Å². The molecule has 102 valence electrons. The topological polar surface area (TPSA) is 38.0 Å². The average molecular weight is 288 g/mol. The molecule has 0 radical (unpaired) electrons. The monoisotopic (exact) mass is 288 g/mol. The van der Waals surface area contributed by atoms with Gasteiger partial charge in [-0.2, -0.15) is 11.3 Å². The number of aromatic nitrogens is 2. The van der Waals surface area contributed by atoms with Gasteiger partial charge in [-0.1, -0.05) is 12.1 Å². The summed E-state index contributed by atoms with van der Waals surface area (Å²) < 4.78 is 14.9. The molecule has 1 unspecified atom stereocenters. The van der Waals surface area contributed by atoms with Crippen LogP contribution in [0.4, 0.5) is 4.39 Å². The first-order valence-corrected chi connectivity index (χ1v) is 7.15. The first-order chi connectivity index (χ1) is 9.79. The summed E-state index contributed by atoms with van der Waals surface area (Å²) in [5.41, 5.74) is 1.86. The Morgan fingerprint density at radius 3 is 2.70 bits per heavy atom. The number of halogens is 1. The SMILES string of the molecule is OCC(c1ccc(F)cc1)n1ccnc1-c1ccsc1. The highest BCUT2D eigenvalue weighted by atomic mass is 32.1. The highest BCUT2D eigenvalue weighted by molar-refractivity contribution is 7.08. The summed E-state index contributed by atoms with van der Waals surface area (Å²) in [5, 5.41) is 13.7. The Morgan fingerprint density at radius 2 is 2.05 bits per heavy atom. The zero-order chi connectivity index (χ0) is 13.9. The van der Waals surface area contributed by atoms with Crippen LogP contribution in [0.5, 0.6) is 0 Å². The third kappa shape index (κ3) is 2.37. The molecule has 0 saturated heterocycles. The van der Waals surface area contributed by atoms with E-state index in [9.17, 15) is 9.50 Å². The van der Waals surface area contributed by atoms with Gasteiger partial charge in [0.2, 0.25) is 0 Å². The Morgan fingerprint density at radius 1 is 1.25 bits per heavy atom. The molecule has 0 aliphatic heterocycles. The van der Waals surface area contributed by atoms with Crippen LogP contribution in [0, 0.1) is 5.82 Å². The summed E-state index contributed by atoms with van der Waals surface area (Å²) in [6, 6.07) is 7.90. The lowest BCUT2D eigenvalue weighted by Crippen LogP contribution is -2.15. The molecule has 3 aromatic rings. The summed E-state index contributed by atoms with van der Waals surface area (Å²) in [5.74, 6) is 0.517. The standard InChI is InChI=1S/C15H13FN2OS/c16-13-3-1-11(2-4-13)14(9-19)18-7-6-17-15(18)12-5-8-20-10-12/h1-8,10,14,19H,9H2. The van der Waals surface area contributed by atoms with Gasteiger partial charge < -0.3 is 9.67 Å². The first kappa shape index (κ1) is 13.0. The van der Waals surface area contributed by atoms with Gasteiger partial charge in [-0.15, -0.1) is 0 Å². The van der Waals surface area contributed by atoms with E-state index < -0.39 is 0 Å². The number of hydrogen-bond donors (Lipinski definition) is 1. The number of aliphatic hydroxyl groups excluding tert-OH is 1. The van der Waals surface area contributed by atoms with Gasteiger partial charge in [-0.05, 0) is 29.1 Å². The molecule has 1 N–H and O–H groups in total. The molecule has 0 fully saturated rings. The molecular weight excluding hydrogens is 275 g/mol. The highest BCUT2D eigenvalue weighted by Gasteiger charge is 2.17. The molecule has 1 aromatic carbocycles. The molecule has 0 bridgehead atoms. The fourth-order valence-electron chi connectivity index (χ4n) is 2.22. The molecule has 1 atom stereocenters. The van der Waals surface area contributed by atoms with Crippen molar-refractivity contribution in [2.45, 2.75) is 6.04 Å². The van der Waals surface area contributed by atoms with Crippen LogP contribution >= 0.6 is 11.3 Å². The molecule has 3 rings (SSSR count). The number of nitrogens with zero attached hydrogens (tertiary/aromatic N) is 2. The maximum absolute atomic E-state index is 13.0. The molecule has 0 amide bonds. The predicted octanol–water partition coefficient (Wildman–Crippen LogP) is 3.33. The van der Waals surface area contributed by atoms with Crippen LogP contribution < -0.4 is 0 Å². The number of aliphatic hydroxyl groups is 1. The lowest BCUT2D eigenvalue weighted by atomic mass is 10.1. The van der Waals surface area contributed by atoms with Crippen molar-refractivity contribution in [3.05, 3.63) is 64.9 Å². The fourth-order valence-corrected chi connectivity index (χ4v) is 2.85. The van der Waals surface area contributed by atoms with E-state index in [1.165, 1.54) is 12.1 Å². The zero-order valence-corrected chi connectivity index (χ0v) is 11.4. The van der Waals surface area contributed by atoms with Crippen molar-refractivity contribution in [2.75, 3.05) is 6.61 Å². The van der Waals surface area contributed by atoms with Gasteiger partial charge in [0.05, 0.1) is 12.6 Å². The second-order valence-corrected chi connectivity index (χ2v) is 5.20. The summed E-state index contributed by atoms with van der Waals surface area (Å²) in [4.78, 5) is 4.36. The van der Waals surface area contributed by atoms with E-state index in [0.29, 0.717) is 0 Å². The van der Waals surface area contributed by atoms with E-state index in [2.05, 4.69) is 4.98 Å². The molecule has 2 aromatic heterocycles. The summed E-state index contributed by atoms with van der Waals surface area (Å²) in [6.07, 6.45) is 3.54. The molecule has 0 aliphatic rings. The zero-order valence-electron chi connectivity index (χ0n) is 10.6. The minimum Gasteiger partial charge on any atom is -0.394 e. The molecule has 0 aliphatic carbocycles. The number of benzene rings is 1. The van der Waals surface area contributed by atoms with Crippen LogP contribution in [0.1, 0.15) is 11.6 Å². The molecule has 3 nitrogen and oxygen atoms in total. The smallest absolute Gasteiger partial charge is 0.141 e. The maximum Gasteiger partial charge on any atom is 0.141 e. The number of imidazole rings is 1. The van der Waals surface area contributed by atoms with E-state index in [-0.39, 0.29) is 18.5 Å². The van der Waals surface area contributed by atoms with E-state index >= 15 is 0 Å². The summed E-state index contributed by atoms with van der Waals surface area (Å²) in [7, 11) is 0. The third-order valence-electron chi connectivity index (χ3n) is 3.21. The van der Waals surface area contributed by atoms with Gasteiger partial charge in [0.15, 0.2) is 0 Å². The second kappa shape index (κ2) is 5.56. The Hall–Kier alpha value is -1.98. The van der Waals surface area contributed by atoms with Gasteiger partial charge in [0, 0.05) is 23.3 Å². The first-order valence-electron chi connectivity index (χ1n) is 6.21. The lowest BCUT2D eigenvalue weighted by molar-refractivity contribution is 0.250. The van der Waals surface area contributed by atoms with Crippen LogP contribution in [0.15, 0.2) is 53.5 Å². The predicted molar refractivity (Wildman–Crippen MR) is 77.2 cm³/mol. The van der Waals surface area contributed by atoms with Gasteiger partial charge in [-0.3, -0.25) is 0 Å². The summed E-state index contributed by atoms with van der Waals surface area (Å²) >= 11 is 1.60. The van der Waals surface area contributed by atoms with Crippen molar-refractivity contribution in [2.24, 2.45) is 0 Å². The number of thiophene rings is 1. The lowest BCUT2D eigenvalue weighted by Gasteiger charge is -2.19. The van der Waals surface area contributed by atoms with Crippen LogP contribution in [-0.2, 0) is 0 Å². The van der Waals surface area contributed by atoms with E-state index in [1.54, 1.807) is 29.7 Å². The maximum atomic E-state index is 13.0.